The number of fused-ring (bicyclic) bond motifs is 1. The van der Waals surface area contributed by atoms with Crippen LogP contribution in [0, 0.1) is 22.2 Å². The van der Waals surface area contributed by atoms with Crippen LogP contribution in [0.3, 0.4) is 0 Å². The Morgan fingerprint density at radius 3 is 2.50 bits per heavy atom. The minimum absolute atomic E-state index is 0.158. The monoisotopic (exact) mass is 804 g/mol. The molecule has 2 saturated heterocycles. The molecule has 4 aromatic rings. The molecule has 2 N–H and O–H groups in total. The number of nitrogens with one attached hydrogen (secondary N) is 2. The van der Waals surface area contributed by atoms with Gasteiger partial charge in [0.05, 0.1) is 33.7 Å². The molecule has 58 heavy (non-hydrogen) atoms. The highest BCUT2D eigenvalue weighted by Gasteiger charge is 2.64. The van der Waals surface area contributed by atoms with Crippen molar-refractivity contribution in [2.45, 2.75) is 71.7 Å². The van der Waals surface area contributed by atoms with Crippen molar-refractivity contribution in [3.63, 3.8) is 0 Å². The number of ether oxygens (including phenoxy) is 1. The van der Waals surface area contributed by atoms with E-state index in [1.54, 1.807) is 35.1 Å². The molecule has 1 saturated carbocycles. The van der Waals surface area contributed by atoms with Crippen LogP contribution >= 0.6 is 11.6 Å². The normalized spacial score (nSPS) is 22.5. The van der Waals surface area contributed by atoms with Gasteiger partial charge in [0.2, 0.25) is 11.8 Å². The highest BCUT2D eigenvalue weighted by atomic mass is 35.5. The van der Waals surface area contributed by atoms with E-state index in [2.05, 4.69) is 69.5 Å². The number of amides is 4. The molecule has 0 bridgehead atoms. The quantitative estimate of drug-likeness (QED) is 0.222. The van der Waals surface area contributed by atoms with Crippen LogP contribution < -0.4 is 20.3 Å². The number of hydrogen-bond acceptors (Lipinski definition) is 11. The lowest BCUT2D eigenvalue weighted by Crippen LogP contribution is -2.74. The number of aromatic nitrogens is 4. The number of pyridine rings is 1. The van der Waals surface area contributed by atoms with E-state index in [0.29, 0.717) is 40.4 Å². The summed E-state index contributed by atoms with van der Waals surface area (Å²) >= 11 is 6.24. The number of hydrogen-bond donors (Lipinski definition) is 2. The second-order valence-corrected chi connectivity index (χ2v) is 17.1. The summed E-state index contributed by atoms with van der Waals surface area (Å²) in [5, 5.41) is 23.9. The topological polar surface area (TPSA) is 179 Å². The fourth-order valence-electron chi connectivity index (χ4n) is 9.23. The number of rotatable bonds is 10. The van der Waals surface area contributed by atoms with E-state index in [1.165, 1.54) is 4.90 Å². The standard InChI is InChI=1S/C42H45ClN10O5/c1-41(2)39(42(3,4)40(41)58-30-8-5-25(21-44)32(43)20-30)47-36(55)26-6-11-34(45-22-26)51-17-15-50(16-18-51)14-13-28-24-53(49-48-28)29-7-9-31-27(19-29)23-52(38(31)57)33-10-12-35(54)46-37(33)56/h5-9,11,19-20,22,24,33,39-40H,10,12-18,23H2,1-4H3,(H,47,55)(H,46,54,56). The van der Waals surface area contributed by atoms with Gasteiger partial charge in [0.25, 0.3) is 11.8 Å². The van der Waals surface area contributed by atoms with Gasteiger partial charge in [0.15, 0.2) is 0 Å². The molecular formula is C42H45ClN10O5. The lowest BCUT2D eigenvalue weighted by molar-refractivity contribution is -0.164. The Hall–Kier alpha value is -5.85. The van der Waals surface area contributed by atoms with Gasteiger partial charge in [0.1, 0.15) is 29.8 Å². The van der Waals surface area contributed by atoms with E-state index < -0.39 is 11.9 Å². The predicted octanol–water partition coefficient (Wildman–Crippen LogP) is 3.93. The maximum absolute atomic E-state index is 13.4. The first-order valence-corrected chi connectivity index (χ1v) is 19.9. The third-order valence-corrected chi connectivity index (χ3v) is 12.4. The molecule has 3 fully saturated rings. The zero-order valence-corrected chi connectivity index (χ0v) is 33.6. The number of carbonyl (C=O) groups excluding carboxylic acids is 4. The van der Waals surface area contributed by atoms with Gasteiger partial charge in [-0.15, -0.1) is 5.10 Å². The fourth-order valence-corrected chi connectivity index (χ4v) is 9.45. The summed E-state index contributed by atoms with van der Waals surface area (Å²) in [6.07, 6.45) is 4.60. The van der Waals surface area contributed by atoms with Crippen molar-refractivity contribution in [2.75, 3.05) is 37.6 Å². The van der Waals surface area contributed by atoms with Gasteiger partial charge in [-0.1, -0.05) is 44.5 Å². The maximum Gasteiger partial charge on any atom is 0.255 e. The minimum Gasteiger partial charge on any atom is -0.489 e. The number of nitriles is 1. The number of carbonyl (C=O) groups is 4. The Morgan fingerprint density at radius 2 is 1.81 bits per heavy atom. The molecular weight excluding hydrogens is 760 g/mol. The van der Waals surface area contributed by atoms with Gasteiger partial charge in [-0.25, -0.2) is 9.67 Å². The molecule has 16 heteroatoms. The first kappa shape index (κ1) is 39.0. The fraction of sp³-hybridized carbons (Fsp3) is 0.429. The molecule has 1 unspecified atom stereocenters. The molecule has 8 rings (SSSR count). The molecule has 15 nitrogen and oxygen atoms in total. The van der Waals surface area contributed by atoms with E-state index in [0.717, 1.165) is 61.9 Å². The van der Waals surface area contributed by atoms with E-state index >= 15 is 0 Å². The van der Waals surface area contributed by atoms with Gasteiger partial charge in [-0.2, -0.15) is 5.26 Å². The van der Waals surface area contributed by atoms with Crippen molar-refractivity contribution in [3.8, 4) is 17.5 Å². The lowest BCUT2D eigenvalue weighted by atomic mass is 9.49. The second kappa shape index (κ2) is 15.1. The average Bonchev–Trinajstić information content (AvgIpc) is 3.82. The third kappa shape index (κ3) is 7.26. The first-order valence-electron chi connectivity index (χ1n) is 19.5. The summed E-state index contributed by atoms with van der Waals surface area (Å²) in [4.78, 5) is 61.4. The number of anilines is 1. The molecule has 4 aliphatic rings. The Balaban J connectivity index is 0.802. The van der Waals surface area contributed by atoms with E-state index in [-0.39, 0.29) is 47.1 Å². The Morgan fingerprint density at radius 1 is 1.03 bits per heavy atom. The van der Waals surface area contributed by atoms with Crippen LogP contribution in [0.1, 0.15) is 78.1 Å². The van der Waals surface area contributed by atoms with Gasteiger partial charge in [0, 0.05) is 86.8 Å². The van der Waals surface area contributed by atoms with E-state index in [9.17, 15) is 24.4 Å². The Kier molecular flexibility index (Phi) is 10.2. The van der Waals surface area contributed by atoms with Crippen molar-refractivity contribution >= 4 is 41.0 Å². The van der Waals surface area contributed by atoms with E-state index in [4.69, 9.17) is 16.3 Å². The van der Waals surface area contributed by atoms with Gasteiger partial charge in [-0.3, -0.25) is 29.4 Å². The summed E-state index contributed by atoms with van der Waals surface area (Å²) < 4.78 is 8.07. The van der Waals surface area contributed by atoms with Crippen LogP contribution in [0.15, 0.2) is 60.9 Å². The molecule has 1 aliphatic carbocycles. The van der Waals surface area contributed by atoms with Crippen molar-refractivity contribution in [3.05, 3.63) is 93.9 Å². The van der Waals surface area contributed by atoms with Gasteiger partial charge in [-0.05, 0) is 54.4 Å². The summed E-state index contributed by atoms with van der Waals surface area (Å²) in [6, 6.07) is 15.5. The summed E-state index contributed by atoms with van der Waals surface area (Å²) in [5.74, 6) is 0.279. The molecule has 300 valence electrons. The smallest absolute Gasteiger partial charge is 0.255 e. The first-order chi connectivity index (χ1) is 27.7. The summed E-state index contributed by atoms with van der Waals surface area (Å²) in [7, 11) is 0. The maximum atomic E-state index is 13.4. The average molecular weight is 805 g/mol. The van der Waals surface area contributed by atoms with Crippen molar-refractivity contribution in [1.29, 1.82) is 5.26 Å². The van der Waals surface area contributed by atoms with Crippen LogP contribution in [0.5, 0.6) is 5.75 Å². The minimum atomic E-state index is -0.657. The molecule has 5 heterocycles. The molecule has 2 aromatic carbocycles. The summed E-state index contributed by atoms with van der Waals surface area (Å²) in [5.41, 5.74) is 3.13. The van der Waals surface area contributed by atoms with E-state index in [1.807, 2.05) is 30.5 Å². The predicted molar refractivity (Wildman–Crippen MR) is 213 cm³/mol. The number of piperazine rings is 1. The third-order valence-electron chi connectivity index (χ3n) is 12.1. The zero-order chi connectivity index (χ0) is 40.9. The number of halogens is 1. The highest BCUT2D eigenvalue weighted by molar-refractivity contribution is 6.31. The Bertz CT molecular complexity index is 2310. The number of imide groups is 1. The molecule has 0 spiro atoms. The van der Waals surface area contributed by atoms with Crippen LogP contribution in [0.25, 0.3) is 5.69 Å². The van der Waals surface area contributed by atoms with Crippen LogP contribution in [0.4, 0.5) is 5.82 Å². The highest BCUT2D eigenvalue weighted by Crippen LogP contribution is 2.55. The lowest BCUT2D eigenvalue weighted by Gasteiger charge is -2.63. The molecule has 1 atom stereocenters. The number of piperidine rings is 1. The van der Waals surface area contributed by atoms with Gasteiger partial charge >= 0.3 is 0 Å². The SMILES string of the molecule is CC1(C)C(NC(=O)c2ccc(N3CCN(CCc4cn(-c5ccc6c(c5)CN(C5CCC(=O)NC5=O)C6=O)nn4)CC3)nc2)C(C)(C)C1Oc1ccc(C#N)c(Cl)c1. The van der Waals surface area contributed by atoms with Crippen LogP contribution in [0.2, 0.25) is 5.02 Å². The molecule has 0 radical (unpaired) electrons. The van der Waals surface area contributed by atoms with Crippen LogP contribution in [-0.2, 0) is 22.6 Å². The summed E-state index contributed by atoms with van der Waals surface area (Å²) in [6.45, 7) is 12.7. The number of nitrogens with zero attached hydrogens (tertiary/aromatic N) is 8. The molecule has 3 aliphatic heterocycles. The Labute approximate surface area is 341 Å². The van der Waals surface area contributed by atoms with Gasteiger partial charge < -0.3 is 19.9 Å². The number of benzene rings is 2. The largest absolute Gasteiger partial charge is 0.489 e. The second-order valence-electron chi connectivity index (χ2n) is 16.7. The zero-order valence-electron chi connectivity index (χ0n) is 32.9. The van der Waals surface area contributed by atoms with Crippen molar-refractivity contribution in [1.82, 2.24) is 40.4 Å². The van der Waals surface area contributed by atoms with Crippen LogP contribution in [-0.4, -0.2) is 104 Å². The van der Waals surface area contributed by atoms with Crippen molar-refractivity contribution in [2.24, 2.45) is 10.8 Å². The molecule has 4 amide bonds. The van der Waals surface area contributed by atoms with Crippen molar-refractivity contribution < 1.29 is 23.9 Å². The molecule has 2 aromatic heterocycles.